The molecule has 0 amide bonds. The van der Waals surface area contributed by atoms with Gasteiger partial charge in [-0.1, -0.05) is 13.0 Å². The van der Waals surface area contributed by atoms with Crippen LogP contribution in [-0.4, -0.2) is 22.4 Å². The van der Waals surface area contributed by atoms with E-state index in [2.05, 4.69) is 13.5 Å². The van der Waals surface area contributed by atoms with E-state index in [1.54, 1.807) is 0 Å². The average Bonchev–Trinajstić information content (AvgIpc) is 2.11. The molecule has 0 aromatic rings. The van der Waals surface area contributed by atoms with Crippen LogP contribution >= 0.6 is 0 Å². The molecule has 2 N–H and O–H groups in total. The maximum atomic E-state index is 10.3. The van der Waals surface area contributed by atoms with Crippen LogP contribution in [0.1, 0.15) is 39.5 Å². The molecule has 1 aliphatic rings. The van der Waals surface area contributed by atoms with Crippen molar-refractivity contribution in [2.24, 2.45) is 11.3 Å². The van der Waals surface area contributed by atoms with Crippen LogP contribution in [0.3, 0.4) is 0 Å². The van der Waals surface area contributed by atoms with E-state index in [1.807, 2.05) is 13.0 Å². The van der Waals surface area contributed by atoms with Gasteiger partial charge in [-0.15, -0.1) is 6.58 Å². The molecule has 2 heteroatoms. The van der Waals surface area contributed by atoms with E-state index in [0.717, 1.165) is 19.3 Å². The first-order chi connectivity index (χ1) is 6.46. The van der Waals surface area contributed by atoms with Gasteiger partial charge in [-0.2, -0.15) is 0 Å². The van der Waals surface area contributed by atoms with Crippen LogP contribution in [0.15, 0.2) is 12.7 Å². The number of aliphatic hydroxyl groups is 2. The number of hydrogen-bond donors (Lipinski definition) is 2. The van der Waals surface area contributed by atoms with E-state index in [0.29, 0.717) is 6.42 Å². The number of allylic oxidation sites excluding steroid dienone is 1. The smallest absolute Gasteiger partial charge is 0.0656 e. The summed E-state index contributed by atoms with van der Waals surface area (Å²) in [6, 6.07) is 0. The summed E-state index contributed by atoms with van der Waals surface area (Å²) in [6.45, 7) is 8.02. The Morgan fingerprint density at radius 1 is 1.43 bits per heavy atom. The molecule has 1 saturated carbocycles. The van der Waals surface area contributed by atoms with Crippen LogP contribution in [0, 0.1) is 11.3 Å². The molecule has 0 saturated heterocycles. The van der Waals surface area contributed by atoms with E-state index in [-0.39, 0.29) is 17.9 Å². The van der Waals surface area contributed by atoms with Crippen molar-refractivity contribution in [2.75, 3.05) is 6.61 Å². The minimum Gasteiger partial charge on any atom is -0.396 e. The highest BCUT2D eigenvalue weighted by atomic mass is 16.3. The van der Waals surface area contributed by atoms with E-state index in [4.69, 9.17) is 5.11 Å². The Balaban J connectivity index is 2.89. The lowest BCUT2D eigenvalue weighted by Crippen LogP contribution is -2.47. The van der Waals surface area contributed by atoms with Gasteiger partial charge in [0.25, 0.3) is 0 Å². The zero-order chi connectivity index (χ0) is 10.8. The molecule has 1 rings (SSSR count). The summed E-state index contributed by atoms with van der Waals surface area (Å²) in [6.07, 6.45) is 5.55. The maximum Gasteiger partial charge on any atom is 0.0656 e. The van der Waals surface area contributed by atoms with E-state index >= 15 is 0 Å². The van der Waals surface area contributed by atoms with Crippen LogP contribution in [-0.2, 0) is 0 Å². The first-order valence-electron chi connectivity index (χ1n) is 5.43. The largest absolute Gasteiger partial charge is 0.396 e. The molecule has 0 aliphatic heterocycles. The Labute approximate surface area is 86.6 Å². The van der Waals surface area contributed by atoms with Gasteiger partial charge in [-0.05, 0) is 43.9 Å². The lowest BCUT2D eigenvalue weighted by molar-refractivity contribution is -0.0865. The monoisotopic (exact) mass is 198 g/mol. The van der Waals surface area contributed by atoms with Gasteiger partial charge in [0.2, 0.25) is 0 Å². The molecule has 0 aromatic carbocycles. The zero-order valence-corrected chi connectivity index (χ0v) is 9.29. The van der Waals surface area contributed by atoms with Gasteiger partial charge in [0, 0.05) is 6.61 Å². The van der Waals surface area contributed by atoms with Crippen LogP contribution in [0.5, 0.6) is 0 Å². The number of aliphatic hydroxyl groups excluding tert-OH is 1. The Morgan fingerprint density at radius 2 is 2.07 bits per heavy atom. The molecule has 1 fully saturated rings. The summed E-state index contributed by atoms with van der Waals surface area (Å²) in [7, 11) is 0. The van der Waals surface area contributed by atoms with Crippen LogP contribution < -0.4 is 0 Å². The summed E-state index contributed by atoms with van der Waals surface area (Å²) in [5.74, 6) is 0.131. The predicted octanol–water partition coefficient (Wildman–Crippen LogP) is 2.11. The normalized spacial score (nSPS) is 43.6. The van der Waals surface area contributed by atoms with Crippen LogP contribution in [0.25, 0.3) is 0 Å². The second-order valence-corrected chi connectivity index (χ2v) is 4.99. The van der Waals surface area contributed by atoms with Crippen molar-refractivity contribution in [3.63, 3.8) is 0 Å². The van der Waals surface area contributed by atoms with Crippen molar-refractivity contribution in [1.29, 1.82) is 0 Å². The number of rotatable bonds is 3. The highest BCUT2D eigenvalue weighted by Gasteiger charge is 2.45. The molecule has 0 aromatic heterocycles. The van der Waals surface area contributed by atoms with Crippen LogP contribution in [0.4, 0.5) is 0 Å². The van der Waals surface area contributed by atoms with Crippen molar-refractivity contribution in [3.8, 4) is 0 Å². The molecule has 1 aliphatic carbocycles. The van der Waals surface area contributed by atoms with Gasteiger partial charge >= 0.3 is 0 Å². The molecule has 0 heterocycles. The first kappa shape index (κ1) is 11.7. The Hall–Kier alpha value is -0.340. The van der Waals surface area contributed by atoms with Gasteiger partial charge in [-0.3, -0.25) is 0 Å². The topological polar surface area (TPSA) is 40.5 Å². The molecule has 3 atom stereocenters. The van der Waals surface area contributed by atoms with Gasteiger partial charge in [-0.25, -0.2) is 0 Å². The zero-order valence-electron chi connectivity index (χ0n) is 9.29. The third-order valence-corrected chi connectivity index (χ3v) is 3.83. The Morgan fingerprint density at radius 3 is 2.57 bits per heavy atom. The van der Waals surface area contributed by atoms with Gasteiger partial charge in [0.1, 0.15) is 0 Å². The summed E-state index contributed by atoms with van der Waals surface area (Å²) >= 11 is 0. The molecule has 82 valence electrons. The molecular weight excluding hydrogens is 176 g/mol. The Kier molecular flexibility index (Phi) is 3.38. The summed E-state index contributed by atoms with van der Waals surface area (Å²) in [5.41, 5.74) is -0.672. The molecule has 0 spiro atoms. The predicted molar refractivity (Wildman–Crippen MR) is 58.0 cm³/mol. The Bertz CT molecular complexity index is 210. The van der Waals surface area contributed by atoms with E-state index < -0.39 is 5.60 Å². The third-order valence-electron chi connectivity index (χ3n) is 3.83. The SMILES string of the molecule is C=CC1(C)CCCC(C)(O)C1CCO. The minimum atomic E-state index is -0.649. The molecule has 3 unspecified atom stereocenters. The van der Waals surface area contributed by atoms with Gasteiger partial charge in [0.15, 0.2) is 0 Å². The van der Waals surface area contributed by atoms with E-state index in [9.17, 15) is 5.11 Å². The molecule has 2 nitrogen and oxygen atoms in total. The van der Waals surface area contributed by atoms with Crippen molar-refractivity contribution in [2.45, 2.75) is 45.1 Å². The minimum absolute atomic E-state index is 0.0233. The lowest BCUT2D eigenvalue weighted by atomic mass is 9.60. The quantitative estimate of drug-likeness (QED) is 0.682. The standard InChI is InChI=1S/C12H22O2/c1-4-11(2)7-5-8-12(3,14)10(11)6-9-13/h4,10,13-14H,1,5-9H2,2-3H3. The fourth-order valence-corrected chi connectivity index (χ4v) is 2.90. The van der Waals surface area contributed by atoms with Crippen molar-refractivity contribution < 1.29 is 10.2 Å². The van der Waals surface area contributed by atoms with E-state index in [1.165, 1.54) is 0 Å². The third kappa shape index (κ3) is 2.01. The summed E-state index contributed by atoms with van der Waals surface area (Å²) in [4.78, 5) is 0. The van der Waals surface area contributed by atoms with Crippen LogP contribution in [0.2, 0.25) is 0 Å². The average molecular weight is 198 g/mol. The number of hydrogen-bond acceptors (Lipinski definition) is 2. The second kappa shape index (κ2) is 4.03. The second-order valence-electron chi connectivity index (χ2n) is 4.99. The lowest BCUT2D eigenvalue weighted by Gasteiger charge is -2.48. The van der Waals surface area contributed by atoms with Crippen molar-refractivity contribution in [3.05, 3.63) is 12.7 Å². The van der Waals surface area contributed by atoms with Gasteiger partial charge in [0.05, 0.1) is 5.60 Å². The fourth-order valence-electron chi connectivity index (χ4n) is 2.90. The van der Waals surface area contributed by atoms with Crippen molar-refractivity contribution >= 4 is 0 Å². The van der Waals surface area contributed by atoms with Gasteiger partial charge < -0.3 is 10.2 Å². The highest BCUT2D eigenvalue weighted by molar-refractivity contribution is 5.05. The molecule has 14 heavy (non-hydrogen) atoms. The summed E-state index contributed by atoms with van der Waals surface area (Å²) < 4.78 is 0. The molecular formula is C12H22O2. The molecule has 0 radical (unpaired) electrons. The maximum absolute atomic E-state index is 10.3. The fraction of sp³-hybridized carbons (Fsp3) is 0.833. The molecule has 0 bridgehead atoms. The first-order valence-corrected chi connectivity index (χ1v) is 5.43. The van der Waals surface area contributed by atoms with Crippen molar-refractivity contribution in [1.82, 2.24) is 0 Å². The summed E-state index contributed by atoms with van der Waals surface area (Å²) in [5, 5.41) is 19.3. The highest BCUT2D eigenvalue weighted by Crippen LogP contribution is 2.48.